The molecule has 1 unspecified atom stereocenters. The highest BCUT2D eigenvalue weighted by Gasteiger charge is 2.73. The molecule has 0 radical (unpaired) electrons. The predicted octanol–water partition coefficient (Wildman–Crippen LogP) is 2.88. The molecule has 3 fully saturated rings. The normalized spacial score (nSPS) is 38.0. The van der Waals surface area contributed by atoms with E-state index in [9.17, 15) is 15.0 Å². The van der Waals surface area contributed by atoms with E-state index in [0.717, 1.165) is 50.3 Å². The minimum atomic E-state index is -0.896. The lowest BCUT2D eigenvalue weighted by Gasteiger charge is -2.64. The molecule has 6 rings (SSSR count). The van der Waals surface area contributed by atoms with Gasteiger partial charge in [0.05, 0.1) is 17.1 Å². The molecule has 1 saturated heterocycles. The highest BCUT2D eigenvalue weighted by Crippen LogP contribution is 2.65. The van der Waals surface area contributed by atoms with Crippen molar-refractivity contribution in [1.29, 1.82) is 0 Å². The number of phenols is 1. The Bertz CT molecular complexity index is 946. The molecule has 6 nitrogen and oxygen atoms in total. The van der Waals surface area contributed by atoms with Gasteiger partial charge in [-0.2, -0.15) is 0 Å². The molecule has 3 aliphatic carbocycles. The Morgan fingerprint density at radius 2 is 2.12 bits per heavy atom. The van der Waals surface area contributed by atoms with Crippen LogP contribution in [0.5, 0.6) is 11.5 Å². The van der Waals surface area contributed by atoms with Crippen LogP contribution in [0.2, 0.25) is 0 Å². The van der Waals surface area contributed by atoms with Gasteiger partial charge in [0.25, 0.3) is 0 Å². The first-order chi connectivity index (χ1) is 15.4. The van der Waals surface area contributed by atoms with Crippen molar-refractivity contribution < 1.29 is 19.7 Å². The number of benzene rings is 1. The minimum absolute atomic E-state index is 0.0365. The van der Waals surface area contributed by atoms with Crippen LogP contribution < -0.4 is 10.1 Å². The predicted molar refractivity (Wildman–Crippen MR) is 121 cm³/mol. The van der Waals surface area contributed by atoms with Crippen LogP contribution in [0.4, 0.5) is 0 Å². The molecule has 32 heavy (non-hydrogen) atoms. The molecule has 0 aromatic heterocycles. The molecule has 6 atom stereocenters. The molecule has 1 amide bonds. The number of carbonyl (C=O) groups excluding carboxylic acids is 1. The number of likely N-dealkylation sites (tertiary alicyclic amines) is 1. The minimum Gasteiger partial charge on any atom is -0.504 e. The van der Waals surface area contributed by atoms with Crippen molar-refractivity contribution in [2.75, 3.05) is 13.1 Å². The quantitative estimate of drug-likeness (QED) is 0.634. The first-order valence-electron chi connectivity index (χ1n) is 12.7. The van der Waals surface area contributed by atoms with Gasteiger partial charge in [-0.1, -0.05) is 26.3 Å². The smallest absolute Gasteiger partial charge is 0.223 e. The van der Waals surface area contributed by atoms with Gasteiger partial charge in [-0.3, -0.25) is 9.69 Å². The van der Waals surface area contributed by atoms with Crippen LogP contribution in [0.25, 0.3) is 0 Å². The lowest BCUT2D eigenvalue weighted by Crippen LogP contribution is -2.78. The molecular weight excluding hydrogens is 404 g/mol. The number of amides is 1. The fraction of sp³-hybridized carbons (Fsp3) is 0.731. The van der Waals surface area contributed by atoms with Crippen LogP contribution in [0.15, 0.2) is 12.1 Å². The number of hydrogen-bond acceptors (Lipinski definition) is 5. The van der Waals surface area contributed by atoms with E-state index in [4.69, 9.17) is 4.74 Å². The van der Waals surface area contributed by atoms with Gasteiger partial charge in [0.15, 0.2) is 11.5 Å². The monoisotopic (exact) mass is 440 g/mol. The van der Waals surface area contributed by atoms with Crippen molar-refractivity contribution in [3.05, 3.63) is 23.3 Å². The van der Waals surface area contributed by atoms with E-state index in [1.807, 2.05) is 13.0 Å². The Labute approximate surface area is 190 Å². The van der Waals surface area contributed by atoms with E-state index < -0.39 is 11.0 Å². The standard InChI is InChI=1S/C26H36N2O4/c1-3-4-15(2)24(30)27-18-9-10-26(31)20-13-17-7-8-19(29)22-21(17)25(26,23(18)32-22)11-12-28(20)14-16-5-6-16/h7-8,15-16,18,20,23,29,31H,3-6,9-14H2,1-2H3,(H,27,30)/t15?,18-,20+,23-,25-,26+/m0/s1. The molecule has 2 saturated carbocycles. The average molecular weight is 441 g/mol. The van der Waals surface area contributed by atoms with Crippen molar-refractivity contribution in [1.82, 2.24) is 10.2 Å². The maximum Gasteiger partial charge on any atom is 0.223 e. The van der Waals surface area contributed by atoms with Crippen molar-refractivity contribution >= 4 is 5.91 Å². The molecule has 1 aromatic rings. The highest BCUT2D eigenvalue weighted by atomic mass is 16.5. The van der Waals surface area contributed by atoms with E-state index in [0.29, 0.717) is 18.6 Å². The second-order valence-corrected chi connectivity index (χ2v) is 11.1. The molecule has 174 valence electrons. The number of ether oxygens (including phenoxy) is 1. The van der Waals surface area contributed by atoms with E-state index in [2.05, 4.69) is 17.1 Å². The summed E-state index contributed by atoms with van der Waals surface area (Å²) < 4.78 is 6.51. The van der Waals surface area contributed by atoms with Crippen molar-refractivity contribution in [3.8, 4) is 11.5 Å². The van der Waals surface area contributed by atoms with Gasteiger partial charge in [0.2, 0.25) is 5.91 Å². The fourth-order valence-electron chi connectivity index (χ4n) is 7.52. The summed E-state index contributed by atoms with van der Waals surface area (Å²) in [5.41, 5.74) is 0.756. The number of hydrogen-bond donors (Lipinski definition) is 3. The Balaban J connectivity index is 1.41. The van der Waals surface area contributed by atoms with Crippen molar-refractivity contribution in [2.45, 2.75) is 94.4 Å². The molecule has 1 aromatic carbocycles. The SMILES string of the molecule is CCCC(C)C(=O)N[C@H]1CC[C@@]2(O)[C@H]3Cc4ccc(O)c5c4[C@@]2(CCN3CC2CC2)[C@H]1O5. The fourth-order valence-corrected chi connectivity index (χ4v) is 7.52. The largest absolute Gasteiger partial charge is 0.504 e. The maximum atomic E-state index is 12.9. The molecule has 2 bridgehead atoms. The van der Waals surface area contributed by atoms with Crippen LogP contribution in [0.3, 0.4) is 0 Å². The number of rotatable bonds is 6. The van der Waals surface area contributed by atoms with E-state index >= 15 is 0 Å². The van der Waals surface area contributed by atoms with Crippen LogP contribution in [-0.4, -0.2) is 57.9 Å². The first kappa shape index (κ1) is 20.8. The summed E-state index contributed by atoms with van der Waals surface area (Å²) in [5, 5.41) is 26.4. The summed E-state index contributed by atoms with van der Waals surface area (Å²) in [6, 6.07) is 3.68. The van der Waals surface area contributed by atoms with E-state index in [1.165, 1.54) is 18.4 Å². The number of carbonyl (C=O) groups is 1. The van der Waals surface area contributed by atoms with Gasteiger partial charge in [0.1, 0.15) is 6.10 Å². The van der Waals surface area contributed by atoms with E-state index in [1.54, 1.807) is 6.07 Å². The number of aromatic hydroxyl groups is 1. The van der Waals surface area contributed by atoms with Crippen LogP contribution in [0, 0.1) is 11.8 Å². The molecule has 2 aliphatic heterocycles. The van der Waals surface area contributed by atoms with Crippen LogP contribution >= 0.6 is 0 Å². The van der Waals surface area contributed by atoms with E-state index in [-0.39, 0.29) is 35.8 Å². The number of nitrogens with one attached hydrogen (secondary N) is 1. The number of piperidine rings is 1. The molecule has 5 aliphatic rings. The Kier molecular flexibility index (Phi) is 4.61. The van der Waals surface area contributed by atoms with Crippen molar-refractivity contribution in [3.63, 3.8) is 0 Å². The number of phenolic OH excluding ortho intramolecular Hbond substituents is 1. The zero-order valence-electron chi connectivity index (χ0n) is 19.3. The summed E-state index contributed by atoms with van der Waals surface area (Å²) in [6.45, 7) is 6.09. The number of aliphatic hydroxyl groups is 1. The van der Waals surface area contributed by atoms with Gasteiger partial charge < -0.3 is 20.3 Å². The summed E-state index contributed by atoms with van der Waals surface area (Å²) in [7, 11) is 0. The summed E-state index contributed by atoms with van der Waals surface area (Å²) in [4.78, 5) is 15.5. The van der Waals surface area contributed by atoms with Gasteiger partial charge in [-0.05, 0) is 69.0 Å². The summed E-state index contributed by atoms with van der Waals surface area (Å²) in [5.74, 6) is 1.50. The molecule has 6 heteroatoms. The number of nitrogens with zero attached hydrogens (tertiary/aromatic N) is 1. The lowest BCUT2D eigenvalue weighted by molar-refractivity contribution is -0.192. The second-order valence-electron chi connectivity index (χ2n) is 11.1. The van der Waals surface area contributed by atoms with Gasteiger partial charge >= 0.3 is 0 Å². The lowest BCUT2D eigenvalue weighted by atomic mass is 9.48. The first-order valence-corrected chi connectivity index (χ1v) is 12.7. The molecule has 2 heterocycles. The summed E-state index contributed by atoms with van der Waals surface area (Å²) >= 11 is 0. The van der Waals surface area contributed by atoms with Crippen LogP contribution in [-0.2, 0) is 16.6 Å². The van der Waals surface area contributed by atoms with Gasteiger partial charge in [-0.25, -0.2) is 0 Å². The Morgan fingerprint density at radius 3 is 2.88 bits per heavy atom. The van der Waals surface area contributed by atoms with Gasteiger partial charge in [-0.15, -0.1) is 0 Å². The highest BCUT2D eigenvalue weighted by molar-refractivity contribution is 5.79. The van der Waals surface area contributed by atoms with Crippen molar-refractivity contribution in [2.24, 2.45) is 11.8 Å². The zero-order valence-corrected chi connectivity index (χ0v) is 19.3. The molecule has 1 spiro atoms. The molecular formula is C26H36N2O4. The molecule has 3 N–H and O–H groups in total. The zero-order chi connectivity index (χ0) is 22.3. The third-order valence-corrected chi connectivity index (χ3v) is 9.26. The third-order valence-electron chi connectivity index (χ3n) is 9.26. The van der Waals surface area contributed by atoms with Gasteiger partial charge in [0, 0.05) is 24.1 Å². The Hall–Kier alpha value is -1.79. The average Bonchev–Trinajstić information content (AvgIpc) is 3.50. The van der Waals surface area contributed by atoms with Crippen LogP contribution in [0.1, 0.15) is 69.9 Å². The topological polar surface area (TPSA) is 82.0 Å². The second kappa shape index (κ2) is 7.10. The summed E-state index contributed by atoms with van der Waals surface area (Å²) in [6.07, 6.45) is 7.06. The third kappa shape index (κ3) is 2.68. The Morgan fingerprint density at radius 1 is 1.31 bits per heavy atom. The maximum absolute atomic E-state index is 12.9.